The van der Waals surface area contributed by atoms with E-state index >= 15 is 0 Å². The van der Waals surface area contributed by atoms with Crippen LogP contribution in [0.4, 0.5) is 25.3 Å². The van der Waals surface area contributed by atoms with Crippen LogP contribution in [0.2, 0.25) is 0 Å². The molecule has 0 radical (unpaired) electrons. The number of rotatable bonds is 7. The van der Waals surface area contributed by atoms with Crippen molar-refractivity contribution < 1.29 is 18.3 Å². The lowest BCUT2D eigenvalue weighted by Crippen LogP contribution is -2.38. The molecule has 1 amide bonds. The second kappa shape index (κ2) is 9.59. The molecule has 2 atom stereocenters. The van der Waals surface area contributed by atoms with Gasteiger partial charge in [-0.3, -0.25) is 9.80 Å². The van der Waals surface area contributed by atoms with E-state index in [1.54, 1.807) is 17.2 Å². The predicted molar refractivity (Wildman–Crippen MR) is 122 cm³/mol. The summed E-state index contributed by atoms with van der Waals surface area (Å²) in [5, 5.41) is 3.30. The van der Waals surface area contributed by atoms with Gasteiger partial charge in [-0.15, -0.1) is 0 Å². The van der Waals surface area contributed by atoms with Crippen LogP contribution >= 0.6 is 0 Å². The number of hydrogen-bond donors (Lipinski definition) is 1. The Balaban J connectivity index is 1.38. The second-order valence-corrected chi connectivity index (χ2v) is 9.24. The average Bonchev–Trinajstić information content (AvgIpc) is 3.17. The first-order valence-electron chi connectivity index (χ1n) is 11.5. The standard InChI is InChI=1S/C24H31F2N5O2/c1-16(2)20-15-33-23(32)31(20)21-8-11-27-22(29-21)28-17(3)19-6-4-18(5-7-19)14-30-12-9-24(25,26)10-13-30/h4-8,11,16-17,20H,9-10,12-15H2,1-3H3,(H,27,28,29)/t17-,20?/m0/s1. The van der Waals surface area contributed by atoms with Gasteiger partial charge in [0, 0.05) is 38.7 Å². The number of benzene rings is 1. The minimum absolute atomic E-state index is 0.0589. The van der Waals surface area contributed by atoms with Gasteiger partial charge < -0.3 is 10.1 Å². The molecule has 3 heterocycles. The molecular weight excluding hydrogens is 428 g/mol. The maximum atomic E-state index is 13.4. The molecule has 7 nitrogen and oxygen atoms in total. The van der Waals surface area contributed by atoms with Crippen molar-refractivity contribution in [3.63, 3.8) is 0 Å². The fourth-order valence-corrected chi connectivity index (χ4v) is 4.23. The van der Waals surface area contributed by atoms with Gasteiger partial charge in [0.15, 0.2) is 0 Å². The van der Waals surface area contributed by atoms with Crippen molar-refractivity contribution in [3.8, 4) is 0 Å². The molecule has 2 aliphatic heterocycles. The fourth-order valence-electron chi connectivity index (χ4n) is 4.23. The maximum absolute atomic E-state index is 13.4. The molecule has 0 saturated carbocycles. The van der Waals surface area contributed by atoms with E-state index in [1.807, 2.05) is 45.0 Å². The molecule has 1 N–H and O–H groups in total. The molecular formula is C24H31F2N5O2. The molecule has 1 aromatic heterocycles. The monoisotopic (exact) mass is 459 g/mol. The quantitative estimate of drug-likeness (QED) is 0.638. The van der Waals surface area contributed by atoms with Gasteiger partial charge in [0.05, 0.1) is 12.1 Å². The summed E-state index contributed by atoms with van der Waals surface area (Å²) in [5.74, 6) is -1.34. The zero-order valence-electron chi connectivity index (χ0n) is 19.3. The molecule has 4 rings (SSSR count). The molecule has 33 heavy (non-hydrogen) atoms. The summed E-state index contributed by atoms with van der Waals surface area (Å²) in [6.07, 6.45) is 1.10. The van der Waals surface area contributed by atoms with Gasteiger partial charge in [-0.2, -0.15) is 4.98 Å². The van der Waals surface area contributed by atoms with Gasteiger partial charge >= 0.3 is 6.09 Å². The van der Waals surface area contributed by atoms with Crippen molar-refractivity contribution in [3.05, 3.63) is 47.7 Å². The number of nitrogens with zero attached hydrogens (tertiary/aromatic N) is 4. The lowest BCUT2D eigenvalue weighted by Gasteiger charge is -2.31. The van der Waals surface area contributed by atoms with Crippen molar-refractivity contribution in [1.82, 2.24) is 14.9 Å². The Morgan fingerprint density at radius 3 is 2.52 bits per heavy atom. The van der Waals surface area contributed by atoms with Crippen LogP contribution in [0.25, 0.3) is 0 Å². The van der Waals surface area contributed by atoms with Crippen LogP contribution in [0, 0.1) is 5.92 Å². The molecule has 0 bridgehead atoms. The summed E-state index contributed by atoms with van der Waals surface area (Å²) in [5.41, 5.74) is 2.15. The minimum atomic E-state index is -2.52. The largest absolute Gasteiger partial charge is 0.447 e. The summed E-state index contributed by atoms with van der Waals surface area (Å²) >= 11 is 0. The van der Waals surface area contributed by atoms with Gasteiger partial charge in [-0.1, -0.05) is 38.1 Å². The molecule has 0 spiro atoms. The van der Waals surface area contributed by atoms with Gasteiger partial charge in [0.25, 0.3) is 5.92 Å². The van der Waals surface area contributed by atoms with Crippen LogP contribution in [-0.4, -0.2) is 52.6 Å². The van der Waals surface area contributed by atoms with Crippen LogP contribution in [0.5, 0.6) is 0 Å². The summed E-state index contributed by atoms with van der Waals surface area (Å²) in [4.78, 5) is 24.7. The van der Waals surface area contributed by atoms with Crippen LogP contribution < -0.4 is 10.2 Å². The lowest BCUT2D eigenvalue weighted by molar-refractivity contribution is -0.0566. The van der Waals surface area contributed by atoms with Gasteiger partial charge in [-0.25, -0.2) is 18.6 Å². The number of aromatic nitrogens is 2. The van der Waals surface area contributed by atoms with E-state index in [1.165, 1.54) is 0 Å². The van der Waals surface area contributed by atoms with E-state index in [4.69, 9.17) is 4.74 Å². The number of carbonyl (C=O) groups is 1. The van der Waals surface area contributed by atoms with Crippen molar-refractivity contribution in [1.29, 1.82) is 0 Å². The number of cyclic esters (lactones) is 1. The highest BCUT2D eigenvalue weighted by molar-refractivity contribution is 5.89. The predicted octanol–water partition coefficient (Wildman–Crippen LogP) is 4.86. The average molecular weight is 460 g/mol. The number of nitrogens with one attached hydrogen (secondary N) is 1. The summed E-state index contributed by atoms with van der Waals surface area (Å²) < 4.78 is 31.9. The first-order valence-corrected chi connectivity index (χ1v) is 11.5. The Hall–Kier alpha value is -2.81. The first-order chi connectivity index (χ1) is 15.7. The molecule has 1 aromatic carbocycles. The van der Waals surface area contributed by atoms with E-state index in [-0.39, 0.29) is 36.9 Å². The van der Waals surface area contributed by atoms with E-state index < -0.39 is 5.92 Å². The second-order valence-electron chi connectivity index (χ2n) is 9.24. The molecule has 178 valence electrons. The third-order valence-electron chi connectivity index (χ3n) is 6.38. The van der Waals surface area contributed by atoms with Crippen molar-refractivity contribution in [2.24, 2.45) is 5.92 Å². The highest BCUT2D eigenvalue weighted by Gasteiger charge is 2.37. The highest BCUT2D eigenvalue weighted by Crippen LogP contribution is 2.29. The van der Waals surface area contributed by atoms with Crippen molar-refractivity contribution in [2.75, 3.05) is 29.9 Å². The number of halogens is 2. The Morgan fingerprint density at radius 2 is 1.85 bits per heavy atom. The number of alkyl halides is 2. The Morgan fingerprint density at radius 1 is 1.15 bits per heavy atom. The SMILES string of the molecule is CC(C)C1COC(=O)N1c1ccnc(N[C@@H](C)c2ccc(CN3CCC(F)(F)CC3)cc2)n1. The van der Waals surface area contributed by atoms with Gasteiger partial charge in [0.1, 0.15) is 12.4 Å². The summed E-state index contributed by atoms with van der Waals surface area (Å²) in [6.45, 7) is 7.97. The highest BCUT2D eigenvalue weighted by atomic mass is 19.3. The Labute approximate surface area is 193 Å². The zero-order valence-corrected chi connectivity index (χ0v) is 19.3. The topological polar surface area (TPSA) is 70.6 Å². The Bertz CT molecular complexity index is 960. The summed E-state index contributed by atoms with van der Waals surface area (Å²) in [7, 11) is 0. The van der Waals surface area contributed by atoms with Crippen molar-refractivity contribution >= 4 is 17.9 Å². The van der Waals surface area contributed by atoms with Crippen LogP contribution in [-0.2, 0) is 11.3 Å². The number of hydrogen-bond acceptors (Lipinski definition) is 6. The summed E-state index contributed by atoms with van der Waals surface area (Å²) in [6, 6.07) is 9.72. The number of likely N-dealkylation sites (tertiary alicyclic amines) is 1. The lowest BCUT2D eigenvalue weighted by atomic mass is 10.0. The normalized spacial score (nSPS) is 21.8. The van der Waals surface area contributed by atoms with E-state index in [2.05, 4.69) is 20.2 Å². The molecule has 2 aromatic rings. The van der Waals surface area contributed by atoms with Gasteiger partial charge in [0.2, 0.25) is 5.95 Å². The number of ether oxygens (including phenoxy) is 1. The molecule has 2 fully saturated rings. The fraction of sp³-hybridized carbons (Fsp3) is 0.542. The smallest absolute Gasteiger partial charge is 0.415 e. The zero-order chi connectivity index (χ0) is 23.6. The number of piperidine rings is 1. The molecule has 1 unspecified atom stereocenters. The minimum Gasteiger partial charge on any atom is -0.447 e. The van der Waals surface area contributed by atoms with Crippen LogP contribution in [0.3, 0.4) is 0 Å². The maximum Gasteiger partial charge on any atom is 0.415 e. The first kappa shape index (κ1) is 23.4. The van der Waals surface area contributed by atoms with Crippen LogP contribution in [0.15, 0.2) is 36.5 Å². The number of carbonyl (C=O) groups excluding carboxylic acids is 1. The molecule has 2 aliphatic rings. The van der Waals surface area contributed by atoms with E-state index in [0.29, 0.717) is 38.0 Å². The van der Waals surface area contributed by atoms with E-state index in [9.17, 15) is 13.6 Å². The van der Waals surface area contributed by atoms with Crippen LogP contribution in [0.1, 0.15) is 50.8 Å². The molecule has 2 saturated heterocycles. The third kappa shape index (κ3) is 5.58. The number of amides is 1. The van der Waals surface area contributed by atoms with Crippen molar-refractivity contribution in [2.45, 2.75) is 58.2 Å². The van der Waals surface area contributed by atoms with E-state index in [0.717, 1.165) is 11.1 Å². The molecule has 9 heteroatoms. The Kier molecular flexibility index (Phi) is 6.78. The molecule has 0 aliphatic carbocycles. The van der Waals surface area contributed by atoms with Gasteiger partial charge in [-0.05, 0) is 30.0 Å². The third-order valence-corrected chi connectivity index (χ3v) is 6.38. The number of anilines is 2.